The Morgan fingerprint density at radius 3 is 2.80 bits per heavy atom. The van der Waals surface area contributed by atoms with Crippen molar-refractivity contribution in [3.05, 3.63) is 33.4 Å². The molecule has 82 valence electrons. The standard InChI is InChI=1S/C11H15IN2O/c1-8(6-13)7-14-11(15)9-4-2-3-5-10(9)12/h2-5,8H,6-7,13H2,1H3,(H,14,15). The second-order valence-corrected chi connectivity index (χ2v) is 4.69. The van der Waals surface area contributed by atoms with Crippen molar-refractivity contribution in [2.45, 2.75) is 6.92 Å². The van der Waals surface area contributed by atoms with Gasteiger partial charge in [0.2, 0.25) is 0 Å². The van der Waals surface area contributed by atoms with Crippen LogP contribution in [0.3, 0.4) is 0 Å². The van der Waals surface area contributed by atoms with Crippen molar-refractivity contribution in [2.75, 3.05) is 13.1 Å². The van der Waals surface area contributed by atoms with E-state index in [-0.39, 0.29) is 5.91 Å². The van der Waals surface area contributed by atoms with Gasteiger partial charge in [-0.1, -0.05) is 19.1 Å². The number of amides is 1. The van der Waals surface area contributed by atoms with E-state index in [0.29, 0.717) is 19.0 Å². The number of hydrogen-bond donors (Lipinski definition) is 2. The van der Waals surface area contributed by atoms with E-state index >= 15 is 0 Å². The first kappa shape index (κ1) is 12.4. The summed E-state index contributed by atoms with van der Waals surface area (Å²) in [4.78, 5) is 11.7. The highest BCUT2D eigenvalue weighted by Crippen LogP contribution is 2.10. The van der Waals surface area contributed by atoms with E-state index in [0.717, 1.165) is 9.13 Å². The van der Waals surface area contributed by atoms with Crippen LogP contribution in [0.5, 0.6) is 0 Å². The summed E-state index contributed by atoms with van der Waals surface area (Å²) in [5.74, 6) is 0.288. The molecule has 0 bridgehead atoms. The fraction of sp³-hybridized carbons (Fsp3) is 0.364. The minimum Gasteiger partial charge on any atom is -0.352 e. The molecule has 0 aliphatic heterocycles. The van der Waals surface area contributed by atoms with Crippen molar-refractivity contribution >= 4 is 28.5 Å². The molecule has 15 heavy (non-hydrogen) atoms. The van der Waals surface area contributed by atoms with Crippen LogP contribution in [0.25, 0.3) is 0 Å². The lowest BCUT2D eigenvalue weighted by Crippen LogP contribution is -2.31. The molecule has 3 N–H and O–H groups in total. The van der Waals surface area contributed by atoms with E-state index in [2.05, 4.69) is 27.9 Å². The van der Waals surface area contributed by atoms with Gasteiger partial charge in [-0.05, 0) is 47.2 Å². The third-order valence-corrected chi connectivity index (χ3v) is 3.07. The highest BCUT2D eigenvalue weighted by Gasteiger charge is 2.09. The molecule has 1 aromatic carbocycles. The summed E-state index contributed by atoms with van der Waals surface area (Å²) in [5.41, 5.74) is 6.20. The van der Waals surface area contributed by atoms with Crippen LogP contribution in [0, 0.1) is 9.49 Å². The molecule has 0 fully saturated rings. The zero-order valence-corrected chi connectivity index (χ0v) is 10.8. The van der Waals surface area contributed by atoms with E-state index in [1.807, 2.05) is 31.2 Å². The van der Waals surface area contributed by atoms with E-state index in [4.69, 9.17) is 5.73 Å². The Kier molecular flexibility index (Phi) is 5.04. The Morgan fingerprint density at radius 2 is 2.20 bits per heavy atom. The molecule has 1 aromatic rings. The van der Waals surface area contributed by atoms with Crippen molar-refractivity contribution < 1.29 is 4.79 Å². The smallest absolute Gasteiger partial charge is 0.252 e. The number of halogens is 1. The van der Waals surface area contributed by atoms with Crippen LogP contribution in [0.4, 0.5) is 0 Å². The van der Waals surface area contributed by atoms with Crippen LogP contribution in [0.15, 0.2) is 24.3 Å². The molecule has 1 atom stereocenters. The van der Waals surface area contributed by atoms with Crippen molar-refractivity contribution in [1.29, 1.82) is 0 Å². The Morgan fingerprint density at radius 1 is 1.53 bits per heavy atom. The molecule has 1 amide bonds. The highest BCUT2D eigenvalue weighted by atomic mass is 127. The highest BCUT2D eigenvalue weighted by molar-refractivity contribution is 14.1. The maximum atomic E-state index is 11.7. The van der Waals surface area contributed by atoms with Gasteiger partial charge in [-0.2, -0.15) is 0 Å². The van der Waals surface area contributed by atoms with Gasteiger partial charge in [0.1, 0.15) is 0 Å². The van der Waals surface area contributed by atoms with Gasteiger partial charge in [-0.15, -0.1) is 0 Å². The SMILES string of the molecule is CC(CN)CNC(=O)c1ccccc1I. The second kappa shape index (κ2) is 6.07. The average Bonchev–Trinajstić information content (AvgIpc) is 2.26. The van der Waals surface area contributed by atoms with Gasteiger partial charge in [-0.25, -0.2) is 0 Å². The zero-order chi connectivity index (χ0) is 11.3. The molecule has 0 aromatic heterocycles. The number of carbonyl (C=O) groups is 1. The second-order valence-electron chi connectivity index (χ2n) is 3.53. The van der Waals surface area contributed by atoms with Gasteiger partial charge in [0.25, 0.3) is 5.91 Å². The number of carbonyl (C=O) groups excluding carboxylic acids is 1. The molecule has 1 unspecified atom stereocenters. The Balaban J connectivity index is 2.58. The van der Waals surface area contributed by atoms with Crippen LogP contribution in [-0.4, -0.2) is 19.0 Å². The molecule has 0 heterocycles. The van der Waals surface area contributed by atoms with Gasteiger partial charge in [-0.3, -0.25) is 4.79 Å². The lowest BCUT2D eigenvalue weighted by atomic mass is 10.1. The molecule has 1 rings (SSSR count). The predicted octanol–water partition coefficient (Wildman–Crippen LogP) is 1.62. The first-order chi connectivity index (χ1) is 7.15. The van der Waals surface area contributed by atoms with Crippen LogP contribution < -0.4 is 11.1 Å². The van der Waals surface area contributed by atoms with E-state index in [1.165, 1.54) is 0 Å². The molecule has 0 aliphatic rings. The fourth-order valence-electron chi connectivity index (χ4n) is 1.09. The molecule has 0 aliphatic carbocycles. The predicted molar refractivity (Wildman–Crippen MR) is 69.7 cm³/mol. The molecular weight excluding hydrogens is 303 g/mol. The average molecular weight is 318 g/mol. The number of benzene rings is 1. The summed E-state index contributed by atoms with van der Waals surface area (Å²) >= 11 is 2.16. The van der Waals surface area contributed by atoms with Crippen LogP contribution in [-0.2, 0) is 0 Å². The molecule has 0 spiro atoms. The lowest BCUT2D eigenvalue weighted by molar-refractivity contribution is 0.0947. The number of hydrogen-bond acceptors (Lipinski definition) is 2. The topological polar surface area (TPSA) is 55.1 Å². The quantitative estimate of drug-likeness (QED) is 0.829. The summed E-state index contributed by atoms with van der Waals surface area (Å²) < 4.78 is 0.966. The van der Waals surface area contributed by atoms with Crippen molar-refractivity contribution in [3.63, 3.8) is 0 Å². The summed E-state index contributed by atoms with van der Waals surface area (Å²) in [6.45, 7) is 3.22. The zero-order valence-electron chi connectivity index (χ0n) is 8.66. The first-order valence-corrected chi connectivity index (χ1v) is 5.95. The van der Waals surface area contributed by atoms with Gasteiger partial charge < -0.3 is 11.1 Å². The first-order valence-electron chi connectivity index (χ1n) is 4.88. The third-order valence-electron chi connectivity index (χ3n) is 2.13. The Labute approximate surface area is 104 Å². The minimum atomic E-state index is -0.0275. The number of nitrogens with two attached hydrogens (primary N) is 1. The van der Waals surface area contributed by atoms with Crippen molar-refractivity contribution in [3.8, 4) is 0 Å². The minimum absolute atomic E-state index is 0.0275. The fourth-order valence-corrected chi connectivity index (χ4v) is 1.72. The third kappa shape index (κ3) is 3.79. The Hall–Kier alpha value is -0.620. The van der Waals surface area contributed by atoms with Gasteiger partial charge in [0.05, 0.1) is 5.56 Å². The summed E-state index contributed by atoms with van der Waals surface area (Å²) in [6.07, 6.45) is 0. The van der Waals surface area contributed by atoms with Gasteiger partial charge in [0, 0.05) is 10.1 Å². The number of nitrogens with one attached hydrogen (secondary N) is 1. The monoisotopic (exact) mass is 318 g/mol. The van der Waals surface area contributed by atoms with Crippen LogP contribution in [0.2, 0.25) is 0 Å². The van der Waals surface area contributed by atoms with Gasteiger partial charge in [0.15, 0.2) is 0 Å². The van der Waals surface area contributed by atoms with E-state index in [1.54, 1.807) is 0 Å². The molecule has 0 saturated carbocycles. The summed E-state index contributed by atoms with van der Waals surface area (Å²) in [7, 11) is 0. The van der Waals surface area contributed by atoms with Crippen molar-refractivity contribution in [2.24, 2.45) is 11.7 Å². The molecule has 0 radical (unpaired) electrons. The molecule has 0 saturated heterocycles. The largest absolute Gasteiger partial charge is 0.352 e. The van der Waals surface area contributed by atoms with E-state index < -0.39 is 0 Å². The normalized spacial score (nSPS) is 12.2. The van der Waals surface area contributed by atoms with Crippen molar-refractivity contribution in [1.82, 2.24) is 5.32 Å². The maximum absolute atomic E-state index is 11.7. The van der Waals surface area contributed by atoms with Crippen LogP contribution >= 0.6 is 22.6 Å². The molecule has 3 nitrogen and oxygen atoms in total. The Bertz CT molecular complexity index is 341. The van der Waals surface area contributed by atoms with Crippen LogP contribution in [0.1, 0.15) is 17.3 Å². The molecular formula is C11H15IN2O. The maximum Gasteiger partial charge on any atom is 0.252 e. The van der Waals surface area contributed by atoms with Gasteiger partial charge >= 0.3 is 0 Å². The summed E-state index contributed by atoms with van der Waals surface area (Å²) in [6, 6.07) is 7.52. The lowest BCUT2D eigenvalue weighted by Gasteiger charge is -2.10. The molecule has 4 heteroatoms. The number of rotatable bonds is 4. The summed E-state index contributed by atoms with van der Waals surface area (Å²) in [5, 5.41) is 2.87. The van der Waals surface area contributed by atoms with E-state index in [9.17, 15) is 4.79 Å².